The number of methoxy groups -OCH3 is 1. The first-order valence-corrected chi connectivity index (χ1v) is 12.5. The second-order valence-corrected chi connectivity index (χ2v) is 9.48. The number of ether oxygens (including phenoxy) is 2. The van der Waals surface area contributed by atoms with Gasteiger partial charge >= 0.3 is 0 Å². The van der Waals surface area contributed by atoms with Crippen molar-refractivity contribution in [2.75, 3.05) is 7.11 Å². The number of nitro benzene ring substituents is 1. The molecule has 0 unspecified atom stereocenters. The normalized spacial score (nSPS) is 14.3. The second kappa shape index (κ2) is 10.8. The van der Waals surface area contributed by atoms with Crippen molar-refractivity contribution in [3.63, 3.8) is 0 Å². The molecular weight excluding hydrogens is 504 g/mol. The van der Waals surface area contributed by atoms with E-state index in [1.165, 1.54) is 12.1 Å². The van der Waals surface area contributed by atoms with Gasteiger partial charge in [-0.25, -0.2) is 0 Å². The van der Waals surface area contributed by atoms with Crippen LogP contribution < -0.4 is 9.47 Å². The molecule has 9 heteroatoms. The zero-order chi connectivity index (χ0) is 26.6. The summed E-state index contributed by atoms with van der Waals surface area (Å²) in [5, 5.41) is 13.1. The lowest BCUT2D eigenvalue weighted by atomic mass is 10.1. The van der Waals surface area contributed by atoms with Crippen molar-refractivity contribution in [3.05, 3.63) is 117 Å². The van der Waals surface area contributed by atoms with E-state index in [4.69, 9.17) is 9.47 Å². The average Bonchev–Trinajstić information content (AvgIpc) is 3.19. The number of carbonyl (C=O) groups excluding carboxylic acids is 2. The number of benzene rings is 4. The molecule has 0 aliphatic carbocycles. The molecule has 1 fully saturated rings. The molecule has 1 saturated heterocycles. The van der Waals surface area contributed by atoms with Crippen molar-refractivity contribution < 1.29 is 24.0 Å². The highest BCUT2D eigenvalue weighted by molar-refractivity contribution is 8.18. The summed E-state index contributed by atoms with van der Waals surface area (Å²) in [6, 6.07) is 25.4. The minimum atomic E-state index is -0.526. The van der Waals surface area contributed by atoms with Crippen LogP contribution in [-0.4, -0.2) is 28.1 Å². The summed E-state index contributed by atoms with van der Waals surface area (Å²) in [6.45, 7) is 0.134. The molecular formula is C29H22N2O6S. The molecule has 5 rings (SSSR count). The first-order valence-electron chi connectivity index (χ1n) is 11.7. The molecule has 1 aliphatic rings. The van der Waals surface area contributed by atoms with Gasteiger partial charge in [-0.05, 0) is 51.9 Å². The van der Waals surface area contributed by atoms with Crippen LogP contribution in [0.5, 0.6) is 11.5 Å². The van der Waals surface area contributed by atoms with Gasteiger partial charge in [-0.2, -0.15) is 0 Å². The lowest BCUT2D eigenvalue weighted by Gasteiger charge is -2.13. The molecule has 0 atom stereocenters. The highest BCUT2D eigenvalue weighted by atomic mass is 32.2. The molecule has 0 N–H and O–H groups in total. The maximum atomic E-state index is 13.0. The lowest BCUT2D eigenvalue weighted by molar-refractivity contribution is -0.385. The van der Waals surface area contributed by atoms with E-state index >= 15 is 0 Å². The largest absolute Gasteiger partial charge is 0.493 e. The maximum Gasteiger partial charge on any atom is 0.293 e. The predicted octanol–water partition coefficient (Wildman–Crippen LogP) is 6.57. The number of nitrogens with zero attached hydrogens (tertiary/aromatic N) is 2. The summed E-state index contributed by atoms with van der Waals surface area (Å²) in [4.78, 5) is 37.7. The number of thioether (sulfide) groups is 1. The number of nitro groups is 1. The molecule has 38 heavy (non-hydrogen) atoms. The average molecular weight is 527 g/mol. The van der Waals surface area contributed by atoms with Gasteiger partial charge in [0.15, 0.2) is 11.5 Å². The van der Waals surface area contributed by atoms with Crippen LogP contribution in [0.4, 0.5) is 10.5 Å². The van der Waals surface area contributed by atoms with E-state index in [1.54, 1.807) is 43.5 Å². The summed E-state index contributed by atoms with van der Waals surface area (Å²) >= 11 is 0.794. The minimum Gasteiger partial charge on any atom is -0.493 e. The van der Waals surface area contributed by atoms with Crippen LogP contribution in [0.3, 0.4) is 0 Å². The predicted molar refractivity (Wildman–Crippen MR) is 146 cm³/mol. The second-order valence-electron chi connectivity index (χ2n) is 8.49. The van der Waals surface area contributed by atoms with Crippen molar-refractivity contribution in [1.82, 2.24) is 4.90 Å². The Morgan fingerprint density at radius 3 is 2.47 bits per heavy atom. The van der Waals surface area contributed by atoms with Crippen molar-refractivity contribution >= 4 is 45.4 Å². The van der Waals surface area contributed by atoms with E-state index in [0.717, 1.165) is 33.0 Å². The number of imide groups is 1. The number of amides is 2. The number of hydrogen-bond donors (Lipinski definition) is 0. The van der Waals surface area contributed by atoms with Crippen LogP contribution in [0.25, 0.3) is 16.8 Å². The van der Waals surface area contributed by atoms with Gasteiger partial charge in [-0.15, -0.1) is 0 Å². The highest BCUT2D eigenvalue weighted by Crippen LogP contribution is 2.36. The van der Waals surface area contributed by atoms with E-state index in [2.05, 4.69) is 0 Å². The summed E-state index contributed by atoms with van der Waals surface area (Å²) in [6.07, 6.45) is 1.61. The fourth-order valence-electron chi connectivity index (χ4n) is 4.25. The number of fused-ring (bicyclic) bond motifs is 1. The molecule has 1 heterocycles. The molecule has 2 amide bonds. The monoisotopic (exact) mass is 526 g/mol. The fourth-order valence-corrected chi connectivity index (χ4v) is 5.09. The molecule has 1 aliphatic heterocycles. The number of rotatable bonds is 8. The number of para-hydroxylation sites is 1. The topological polar surface area (TPSA) is 99.0 Å². The standard InChI is InChI=1S/C29H22N2O6S/c1-36-25-14-13-19(15-26(25)37-18-22-10-6-9-20-7-2-4-11-23(20)22)16-27-28(32)30(29(33)38-27)17-21-8-3-5-12-24(21)31(34)35/h2-16H,17-18H2,1H3/b27-16-. The van der Waals surface area contributed by atoms with Crippen LogP contribution >= 0.6 is 11.8 Å². The van der Waals surface area contributed by atoms with Crippen molar-refractivity contribution in [3.8, 4) is 11.5 Å². The van der Waals surface area contributed by atoms with Gasteiger partial charge in [0, 0.05) is 11.6 Å². The van der Waals surface area contributed by atoms with E-state index in [9.17, 15) is 19.7 Å². The Bertz CT molecular complexity index is 1590. The number of carbonyl (C=O) groups is 2. The molecule has 8 nitrogen and oxygen atoms in total. The van der Waals surface area contributed by atoms with Gasteiger partial charge in [-0.3, -0.25) is 24.6 Å². The Kier molecular flexibility index (Phi) is 7.10. The molecule has 4 aromatic rings. The Hall–Kier alpha value is -4.63. The van der Waals surface area contributed by atoms with E-state index in [0.29, 0.717) is 23.7 Å². The third kappa shape index (κ3) is 5.09. The fraction of sp³-hybridized carbons (Fsp3) is 0.103. The van der Waals surface area contributed by atoms with Crippen LogP contribution in [0.2, 0.25) is 0 Å². The Balaban J connectivity index is 1.37. The van der Waals surface area contributed by atoms with Crippen LogP contribution in [-0.2, 0) is 17.9 Å². The number of hydrogen-bond acceptors (Lipinski definition) is 7. The third-order valence-corrected chi connectivity index (χ3v) is 7.05. The lowest BCUT2D eigenvalue weighted by Crippen LogP contribution is -2.27. The summed E-state index contributed by atoms with van der Waals surface area (Å²) in [7, 11) is 1.55. The zero-order valence-electron chi connectivity index (χ0n) is 20.3. The molecule has 0 radical (unpaired) electrons. The molecule has 0 bridgehead atoms. The van der Waals surface area contributed by atoms with Crippen LogP contribution in [0.1, 0.15) is 16.7 Å². The summed E-state index contributed by atoms with van der Waals surface area (Å²) in [5.74, 6) is 0.521. The first-order chi connectivity index (χ1) is 18.4. The van der Waals surface area contributed by atoms with E-state index in [-0.39, 0.29) is 22.7 Å². The van der Waals surface area contributed by atoms with Gasteiger partial charge < -0.3 is 9.47 Å². The van der Waals surface area contributed by atoms with Gasteiger partial charge in [-0.1, -0.05) is 66.7 Å². The SMILES string of the molecule is COc1ccc(/C=C2\SC(=O)N(Cc3ccccc3[N+](=O)[O-])C2=O)cc1OCc1cccc2ccccc12. The van der Waals surface area contributed by atoms with Gasteiger partial charge in [0.25, 0.3) is 16.8 Å². The van der Waals surface area contributed by atoms with Crippen molar-refractivity contribution in [1.29, 1.82) is 0 Å². The van der Waals surface area contributed by atoms with Crippen LogP contribution in [0.15, 0.2) is 89.8 Å². The van der Waals surface area contributed by atoms with Crippen molar-refractivity contribution in [2.24, 2.45) is 0 Å². The smallest absolute Gasteiger partial charge is 0.293 e. The Morgan fingerprint density at radius 1 is 0.921 bits per heavy atom. The highest BCUT2D eigenvalue weighted by Gasteiger charge is 2.36. The van der Waals surface area contributed by atoms with Crippen LogP contribution in [0, 0.1) is 10.1 Å². The quantitative estimate of drug-likeness (QED) is 0.145. The summed E-state index contributed by atoms with van der Waals surface area (Å²) < 4.78 is 11.6. The molecule has 0 saturated carbocycles. The first kappa shape index (κ1) is 25.0. The van der Waals surface area contributed by atoms with Gasteiger partial charge in [0.2, 0.25) is 0 Å². The van der Waals surface area contributed by atoms with Crippen molar-refractivity contribution in [2.45, 2.75) is 13.2 Å². The maximum absolute atomic E-state index is 13.0. The molecule has 0 aromatic heterocycles. The van der Waals surface area contributed by atoms with Gasteiger partial charge in [0.05, 0.1) is 23.5 Å². The third-order valence-electron chi connectivity index (χ3n) is 6.14. The molecule has 190 valence electrons. The molecule has 0 spiro atoms. The Morgan fingerprint density at radius 2 is 1.66 bits per heavy atom. The van der Waals surface area contributed by atoms with E-state index in [1.807, 2.05) is 42.5 Å². The minimum absolute atomic E-state index is 0.140. The van der Waals surface area contributed by atoms with E-state index < -0.39 is 16.1 Å². The van der Waals surface area contributed by atoms with Gasteiger partial charge in [0.1, 0.15) is 6.61 Å². The Labute approximate surface area is 222 Å². The summed E-state index contributed by atoms with van der Waals surface area (Å²) in [5.41, 5.74) is 1.81. The molecule has 4 aromatic carbocycles. The zero-order valence-corrected chi connectivity index (χ0v) is 21.1.